The third-order valence-corrected chi connectivity index (χ3v) is 1.93. The molecule has 0 saturated carbocycles. The molecular weight excluding hydrogens is 128 g/mol. The van der Waals surface area contributed by atoms with Gasteiger partial charge in [0.25, 0.3) is 0 Å². The van der Waals surface area contributed by atoms with Crippen molar-refractivity contribution in [3.05, 3.63) is 10.9 Å². The van der Waals surface area contributed by atoms with Crippen LogP contribution in [0, 0.1) is 0 Å². The maximum Gasteiger partial charge on any atom is 0.0267 e. The van der Waals surface area contributed by atoms with Crippen molar-refractivity contribution in [2.45, 2.75) is 26.2 Å². The van der Waals surface area contributed by atoms with Crippen LogP contribution in [0.1, 0.15) is 26.2 Å². The van der Waals surface area contributed by atoms with E-state index in [0.717, 1.165) is 0 Å². The van der Waals surface area contributed by atoms with Crippen LogP contribution in [0.4, 0.5) is 0 Å². The molecule has 0 aromatic carbocycles. The second kappa shape index (κ2) is 5.31. The summed E-state index contributed by atoms with van der Waals surface area (Å²) in [4.78, 5) is 1.72. The Morgan fingerprint density at radius 1 is 1.50 bits per heavy atom. The van der Waals surface area contributed by atoms with Crippen LogP contribution in [0.15, 0.2) is 10.9 Å². The van der Waals surface area contributed by atoms with Gasteiger partial charge in [0.1, 0.15) is 0 Å². The molecule has 0 unspecified atom stereocenters. The Morgan fingerprint density at radius 3 is 2.50 bits per heavy atom. The highest BCUT2D eigenvalue weighted by Gasteiger charge is 1.77. The molecule has 0 aliphatic rings. The van der Waals surface area contributed by atoms with Crippen molar-refractivity contribution in [1.82, 2.24) is 0 Å². The standard InChI is InChI=1S/C6H16Si2/c1-2-3-4-5-6(7)8/h5H,2-4H2,1,7-8H3. The lowest BCUT2D eigenvalue weighted by Crippen LogP contribution is -1.77. The first-order valence-electron chi connectivity index (χ1n) is 3.40. The molecule has 8 heavy (non-hydrogen) atoms. The molecule has 0 fully saturated rings. The van der Waals surface area contributed by atoms with Gasteiger partial charge in [0.2, 0.25) is 0 Å². The van der Waals surface area contributed by atoms with Gasteiger partial charge in [-0.2, -0.15) is 0 Å². The highest BCUT2D eigenvalue weighted by molar-refractivity contribution is 6.48. The van der Waals surface area contributed by atoms with Crippen LogP contribution in [-0.2, 0) is 0 Å². The van der Waals surface area contributed by atoms with E-state index in [2.05, 4.69) is 13.0 Å². The molecule has 0 radical (unpaired) electrons. The summed E-state index contributed by atoms with van der Waals surface area (Å²) in [6.45, 7) is 2.24. The monoisotopic (exact) mass is 144 g/mol. The van der Waals surface area contributed by atoms with E-state index in [1.807, 2.05) is 0 Å². The molecule has 0 aliphatic heterocycles. The number of allylic oxidation sites excluding steroid dienone is 1. The lowest BCUT2D eigenvalue weighted by molar-refractivity contribution is 0.815. The maximum absolute atomic E-state index is 2.42. The van der Waals surface area contributed by atoms with Crippen molar-refractivity contribution < 1.29 is 0 Å². The predicted molar refractivity (Wildman–Crippen MR) is 47.5 cm³/mol. The Labute approximate surface area is 58.2 Å². The number of rotatable bonds is 3. The average molecular weight is 144 g/mol. The zero-order valence-corrected chi connectivity index (χ0v) is 10.2. The minimum atomic E-state index is 1.31. The molecule has 0 atom stereocenters. The summed E-state index contributed by atoms with van der Waals surface area (Å²) in [6.07, 6.45) is 6.47. The second-order valence-corrected chi connectivity index (χ2v) is 7.58. The molecule has 0 nitrogen and oxygen atoms in total. The van der Waals surface area contributed by atoms with Gasteiger partial charge >= 0.3 is 0 Å². The molecule has 0 aromatic heterocycles. The third kappa shape index (κ3) is 6.17. The number of unbranched alkanes of at least 4 members (excludes halogenated alkanes) is 2. The number of hydrogen-bond acceptors (Lipinski definition) is 0. The lowest BCUT2D eigenvalue weighted by Gasteiger charge is -1.89. The molecule has 48 valence electrons. The molecule has 2 heteroatoms. The molecule has 0 amide bonds. The average Bonchev–Trinajstić information content (AvgIpc) is 1.66. The SMILES string of the molecule is CCCCC=C([SiH3])[SiH3]. The Hall–Kier alpha value is 0.174. The fraction of sp³-hybridized carbons (Fsp3) is 0.667. The van der Waals surface area contributed by atoms with E-state index < -0.39 is 0 Å². The van der Waals surface area contributed by atoms with Crippen LogP contribution in [-0.4, -0.2) is 20.5 Å². The van der Waals surface area contributed by atoms with Gasteiger partial charge in [0, 0.05) is 20.5 Å². The third-order valence-electron chi connectivity index (χ3n) is 1.11. The topological polar surface area (TPSA) is 0 Å². The van der Waals surface area contributed by atoms with Crippen LogP contribution in [0.25, 0.3) is 0 Å². The summed E-state index contributed by atoms with van der Waals surface area (Å²) in [5.74, 6) is 0. The minimum absolute atomic E-state index is 1.31. The predicted octanol–water partition coefficient (Wildman–Crippen LogP) is -0.251. The van der Waals surface area contributed by atoms with Crippen molar-refractivity contribution in [2.75, 3.05) is 0 Å². The molecule has 0 heterocycles. The summed E-state index contributed by atoms with van der Waals surface area (Å²) < 4.78 is 0. The Balaban J connectivity index is 3.03. The van der Waals surface area contributed by atoms with Crippen molar-refractivity contribution in [3.8, 4) is 0 Å². The first kappa shape index (κ1) is 8.17. The van der Waals surface area contributed by atoms with E-state index in [4.69, 9.17) is 0 Å². The highest BCUT2D eigenvalue weighted by Crippen LogP contribution is 1.95. The van der Waals surface area contributed by atoms with Crippen molar-refractivity contribution in [1.29, 1.82) is 0 Å². The zero-order chi connectivity index (χ0) is 6.41. The first-order chi connectivity index (χ1) is 3.77. The Bertz CT molecular complexity index is 72.6. The van der Waals surface area contributed by atoms with Crippen LogP contribution in [0.2, 0.25) is 0 Å². The molecule has 0 N–H and O–H groups in total. The summed E-state index contributed by atoms with van der Waals surface area (Å²) >= 11 is 0. The quantitative estimate of drug-likeness (QED) is 0.378. The fourth-order valence-corrected chi connectivity index (χ4v) is 1.17. The smallest absolute Gasteiger partial charge is 0.0267 e. The van der Waals surface area contributed by atoms with Crippen LogP contribution in [0.3, 0.4) is 0 Å². The van der Waals surface area contributed by atoms with E-state index in [-0.39, 0.29) is 0 Å². The van der Waals surface area contributed by atoms with Gasteiger partial charge in [-0.25, -0.2) is 0 Å². The van der Waals surface area contributed by atoms with Gasteiger partial charge in [0.05, 0.1) is 0 Å². The molecular formula is C6H16Si2. The van der Waals surface area contributed by atoms with E-state index >= 15 is 0 Å². The Kier molecular flexibility index (Phi) is 5.43. The van der Waals surface area contributed by atoms with Gasteiger partial charge < -0.3 is 0 Å². The second-order valence-electron chi connectivity index (χ2n) is 2.42. The lowest BCUT2D eigenvalue weighted by atomic mass is 10.2. The molecule has 0 rings (SSSR count). The minimum Gasteiger partial charge on any atom is -0.115 e. The molecule has 0 aliphatic carbocycles. The molecule has 0 bridgehead atoms. The Morgan fingerprint density at radius 2 is 2.12 bits per heavy atom. The van der Waals surface area contributed by atoms with Crippen LogP contribution < -0.4 is 0 Å². The van der Waals surface area contributed by atoms with Crippen LogP contribution >= 0.6 is 0 Å². The fourth-order valence-electron chi connectivity index (χ4n) is 0.595. The van der Waals surface area contributed by atoms with E-state index in [1.165, 1.54) is 39.7 Å². The van der Waals surface area contributed by atoms with E-state index in [9.17, 15) is 0 Å². The van der Waals surface area contributed by atoms with Gasteiger partial charge in [-0.15, -0.1) is 4.82 Å². The molecule has 0 saturated heterocycles. The van der Waals surface area contributed by atoms with Crippen LogP contribution in [0.5, 0.6) is 0 Å². The summed E-state index contributed by atoms with van der Waals surface area (Å²) in [5.41, 5.74) is 0. The van der Waals surface area contributed by atoms with Crippen molar-refractivity contribution >= 4 is 20.5 Å². The summed E-state index contributed by atoms with van der Waals surface area (Å²) in [5, 5.41) is 0. The largest absolute Gasteiger partial charge is 0.115 e. The normalized spacial score (nSPS) is 9.62. The number of hydrogen-bond donors (Lipinski definition) is 0. The first-order valence-corrected chi connectivity index (χ1v) is 5.40. The van der Waals surface area contributed by atoms with Crippen molar-refractivity contribution in [3.63, 3.8) is 0 Å². The summed E-state index contributed by atoms with van der Waals surface area (Å²) in [6, 6.07) is 0. The van der Waals surface area contributed by atoms with Gasteiger partial charge in [-0.3, -0.25) is 0 Å². The zero-order valence-electron chi connectivity index (χ0n) is 6.20. The van der Waals surface area contributed by atoms with Gasteiger partial charge in [0.15, 0.2) is 0 Å². The van der Waals surface area contributed by atoms with E-state index in [1.54, 1.807) is 4.82 Å². The molecule has 0 aromatic rings. The van der Waals surface area contributed by atoms with Gasteiger partial charge in [-0.1, -0.05) is 25.8 Å². The summed E-state index contributed by atoms with van der Waals surface area (Å²) in [7, 11) is 2.62. The van der Waals surface area contributed by atoms with Gasteiger partial charge in [-0.05, 0) is 6.42 Å². The highest BCUT2D eigenvalue weighted by atomic mass is 28.2. The maximum atomic E-state index is 2.42. The molecule has 0 spiro atoms. The van der Waals surface area contributed by atoms with Crippen molar-refractivity contribution in [2.24, 2.45) is 0 Å². The van der Waals surface area contributed by atoms with E-state index in [0.29, 0.717) is 0 Å².